The lowest BCUT2D eigenvalue weighted by Gasteiger charge is -2.21. The van der Waals surface area contributed by atoms with Gasteiger partial charge in [0.15, 0.2) is 0 Å². The second kappa shape index (κ2) is 6.07. The number of nitrogens with zero attached hydrogens (tertiary/aromatic N) is 2. The zero-order valence-electron chi connectivity index (χ0n) is 11.7. The van der Waals surface area contributed by atoms with Crippen LogP contribution in [0.3, 0.4) is 0 Å². The number of hydrogen-bond donors (Lipinski definition) is 1. The highest BCUT2D eigenvalue weighted by atomic mass is 16.2. The van der Waals surface area contributed by atoms with Crippen LogP contribution in [0.25, 0.3) is 11.0 Å². The van der Waals surface area contributed by atoms with Gasteiger partial charge < -0.3 is 0 Å². The third-order valence-electron chi connectivity index (χ3n) is 4.20. The molecule has 4 heteroatoms. The number of amides is 1. The lowest BCUT2D eigenvalue weighted by Crippen LogP contribution is -2.22. The van der Waals surface area contributed by atoms with Crippen LogP contribution in [0.4, 0.5) is 0 Å². The van der Waals surface area contributed by atoms with Gasteiger partial charge >= 0.3 is 0 Å². The fraction of sp³-hybridized carbons (Fsp3) is 0.500. The SMILES string of the molecule is O=C(CCC1CCCCC1)Nn1cnc2ccccc21. The van der Waals surface area contributed by atoms with Gasteiger partial charge in [0, 0.05) is 6.42 Å². The van der Waals surface area contributed by atoms with Crippen molar-refractivity contribution in [2.75, 3.05) is 5.43 Å². The molecule has 1 saturated carbocycles. The molecule has 1 heterocycles. The molecule has 3 rings (SSSR count). The number of aromatic nitrogens is 2. The number of hydrogen-bond acceptors (Lipinski definition) is 2. The van der Waals surface area contributed by atoms with Crippen LogP contribution in [-0.2, 0) is 4.79 Å². The van der Waals surface area contributed by atoms with Gasteiger partial charge in [-0.15, -0.1) is 0 Å². The quantitative estimate of drug-likeness (QED) is 0.925. The van der Waals surface area contributed by atoms with E-state index in [4.69, 9.17) is 0 Å². The van der Waals surface area contributed by atoms with Gasteiger partial charge in [-0.3, -0.25) is 10.2 Å². The third kappa shape index (κ3) is 3.00. The van der Waals surface area contributed by atoms with Gasteiger partial charge in [0.2, 0.25) is 5.91 Å². The van der Waals surface area contributed by atoms with Crippen LogP contribution in [0.2, 0.25) is 0 Å². The minimum atomic E-state index is 0.0822. The summed E-state index contributed by atoms with van der Waals surface area (Å²) in [5.74, 6) is 0.827. The van der Waals surface area contributed by atoms with Crippen LogP contribution in [0.1, 0.15) is 44.9 Å². The molecule has 106 valence electrons. The van der Waals surface area contributed by atoms with Gasteiger partial charge in [-0.1, -0.05) is 44.2 Å². The number of para-hydroxylation sites is 2. The molecule has 0 bridgehead atoms. The number of rotatable bonds is 4. The number of fused-ring (bicyclic) bond motifs is 1. The lowest BCUT2D eigenvalue weighted by atomic mass is 9.86. The maximum Gasteiger partial charge on any atom is 0.238 e. The molecule has 0 unspecified atom stereocenters. The van der Waals surface area contributed by atoms with E-state index in [2.05, 4.69) is 10.4 Å². The molecular formula is C16H21N3O. The first-order valence-electron chi connectivity index (χ1n) is 7.55. The van der Waals surface area contributed by atoms with Crippen molar-refractivity contribution in [3.05, 3.63) is 30.6 Å². The van der Waals surface area contributed by atoms with E-state index in [1.807, 2.05) is 24.3 Å². The second-order valence-corrected chi connectivity index (χ2v) is 5.68. The summed E-state index contributed by atoms with van der Waals surface area (Å²) >= 11 is 0. The summed E-state index contributed by atoms with van der Waals surface area (Å²) in [5, 5.41) is 0. The molecule has 1 N–H and O–H groups in total. The average Bonchev–Trinajstić information content (AvgIpc) is 2.90. The number of benzene rings is 1. The van der Waals surface area contributed by atoms with Crippen molar-refractivity contribution in [1.29, 1.82) is 0 Å². The van der Waals surface area contributed by atoms with Gasteiger partial charge in [-0.25, -0.2) is 9.66 Å². The van der Waals surface area contributed by atoms with Crippen molar-refractivity contribution in [3.63, 3.8) is 0 Å². The summed E-state index contributed by atoms with van der Waals surface area (Å²) < 4.78 is 1.72. The van der Waals surface area contributed by atoms with E-state index in [1.165, 1.54) is 32.1 Å². The van der Waals surface area contributed by atoms with E-state index in [1.54, 1.807) is 11.0 Å². The van der Waals surface area contributed by atoms with Crippen LogP contribution in [-0.4, -0.2) is 15.6 Å². The first-order chi connectivity index (χ1) is 9.83. The maximum atomic E-state index is 12.0. The number of nitrogens with one attached hydrogen (secondary N) is 1. The van der Waals surface area contributed by atoms with Crippen molar-refractivity contribution in [2.24, 2.45) is 5.92 Å². The van der Waals surface area contributed by atoms with Crippen LogP contribution >= 0.6 is 0 Å². The minimum Gasteiger partial charge on any atom is -0.273 e. The summed E-state index contributed by atoms with van der Waals surface area (Å²) in [5.41, 5.74) is 4.77. The lowest BCUT2D eigenvalue weighted by molar-refractivity contribution is -0.117. The second-order valence-electron chi connectivity index (χ2n) is 5.68. The number of carbonyl (C=O) groups is 1. The summed E-state index contributed by atoms with van der Waals surface area (Å²) in [6.45, 7) is 0. The Morgan fingerprint density at radius 2 is 2.05 bits per heavy atom. The van der Waals surface area contributed by atoms with Gasteiger partial charge in [-0.05, 0) is 24.5 Å². The monoisotopic (exact) mass is 271 g/mol. The molecule has 1 aromatic carbocycles. The largest absolute Gasteiger partial charge is 0.273 e. The molecule has 1 aliphatic carbocycles. The summed E-state index contributed by atoms with van der Waals surface area (Å²) in [6.07, 6.45) is 9.90. The normalized spacial score (nSPS) is 16.4. The smallest absolute Gasteiger partial charge is 0.238 e. The van der Waals surface area contributed by atoms with E-state index in [0.717, 1.165) is 23.4 Å². The van der Waals surface area contributed by atoms with Gasteiger partial charge in [0.1, 0.15) is 6.33 Å². The minimum absolute atomic E-state index is 0.0822. The highest BCUT2D eigenvalue weighted by molar-refractivity contribution is 5.86. The van der Waals surface area contributed by atoms with E-state index < -0.39 is 0 Å². The Balaban J connectivity index is 1.55. The number of imidazole rings is 1. The summed E-state index contributed by atoms with van der Waals surface area (Å²) in [6, 6.07) is 7.81. The molecule has 0 saturated heterocycles. The van der Waals surface area contributed by atoms with Crippen LogP contribution in [0.15, 0.2) is 30.6 Å². The van der Waals surface area contributed by atoms with Crippen LogP contribution < -0.4 is 5.43 Å². The Labute approximate surface area is 119 Å². The molecule has 0 atom stereocenters. The fourth-order valence-corrected chi connectivity index (χ4v) is 3.05. The van der Waals surface area contributed by atoms with E-state index >= 15 is 0 Å². The van der Waals surface area contributed by atoms with Crippen molar-refractivity contribution in [1.82, 2.24) is 9.66 Å². The van der Waals surface area contributed by atoms with Crippen molar-refractivity contribution in [2.45, 2.75) is 44.9 Å². The molecule has 1 fully saturated rings. The van der Waals surface area contributed by atoms with E-state index in [0.29, 0.717) is 6.42 Å². The van der Waals surface area contributed by atoms with Crippen molar-refractivity contribution in [3.8, 4) is 0 Å². The Kier molecular flexibility index (Phi) is 4.00. The molecule has 0 spiro atoms. The predicted octanol–water partition coefficient (Wildman–Crippen LogP) is 3.47. The van der Waals surface area contributed by atoms with Crippen LogP contribution in [0.5, 0.6) is 0 Å². The van der Waals surface area contributed by atoms with Crippen molar-refractivity contribution < 1.29 is 4.79 Å². The molecular weight excluding hydrogens is 250 g/mol. The van der Waals surface area contributed by atoms with Gasteiger partial charge in [0.25, 0.3) is 0 Å². The fourth-order valence-electron chi connectivity index (χ4n) is 3.05. The Bertz CT molecular complexity index is 584. The predicted molar refractivity (Wildman–Crippen MR) is 79.9 cm³/mol. The average molecular weight is 271 g/mol. The highest BCUT2D eigenvalue weighted by Crippen LogP contribution is 2.27. The van der Waals surface area contributed by atoms with Gasteiger partial charge in [0.05, 0.1) is 11.0 Å². The molecule has 1 aliphatic rings. The van der Waals surface area contributed by atoms with E-state index in [9.17, 15) is 4.79 Å². The number of carbonyl (C=O) groups excluding carboxylic acids is 1. The Morgan fingerprint density at radius 3 is 2.90 bits per heavy atom. The first-order valence-corrected chi connectivity index (χ1v) is 7.55. The van der Waals surface area contributed by atoms with E-state index in [-0.39, 0.29) is 5.91 Å². The first kappa shape index (κ1) is 13.2. The Morgan fingerprint density at radius 1 is 1.25 bits per heavy atom. The molecule has 1 aromatic heterocycles. The van der Waals surface area contributed by atoms with Gasteiger partial charge in [-0.2, -0.15) is 0 Å². The zero-order chi connectivity index (χ0) is 13.8. The molecule has 2 aromatic rings. The molecule has 0 radical (unpaired) electrons. The van der Waals surface area contributed by atoms with Crippen molar-refractivity contribution >= 4 is 16.9 Å². The summed E-state index contributed by atoms with van der Waals surface area (Å²) in [4.78, 5) is 16.3. The molecule has 4 nitrogen and oxygen atoms in total. The standard InChI is InChI=1S/C16H21N3O/c20-16(11-10-13-6-2-1-3-7-13)18-19-12-17-14-8-4-5-9-15(14)19/h4-5,8-9,12-13H,1-3,6-7,10-11H2,(H,18,20). The highest BCUT2D eigenvalue weighted by Gasteiger charge is 2.15. The zero-order valence-corrected chi connectivity index (χ0v) is 11.7. The summed E-state index contributed by atoms with van der Waals surface area (Å²) in [7, 11) is 0. The third-order valence-corrected chi connectivity index (χ3v) is 4.20. The Hall–Kier alpha value is -1.84. The maximum absolute atomic E-state index is 12.0. The molecule has 1 amide bonds. The molecule has 0 aliphatic heterocycles. The topological polar surface area (TPSA) is 46.9 Å². The molecule has 20 heavy (non-hydrogen) atoms. The van der Waals surface area contributed by atoms with Crippen LogP contribution in [0, 0.1) is 5.92 Å².